The molecule has 27 heavy (non-hydrogen) atoms. The van der Waals surface area contributed by atoms with Gasteiger partial charge in [-0.1, -0.05) is 30.3 Å². The summed E-state index contributed by atoms with van der Waals surface area (Å²) in [6, 6.07) is 16.7. The van der Waals surface area contributed by atoms with E-state index in [1.54, 1.807) is 22.4 Å². The molecule has 2 aromatic heterocycles. The molecule has 0 aliphatic carbocycles. The minimum absolute atomic E-state index is 0.146. The second kappa shape index (κ2) is 6.81. The molecule has 2 aromatic carbocycles. The van der Waals surface area contributed by atoms with E-state index in [1.807, 2.05) is 49.4 Å². The van der Waals surface area contributed by atoms with Crippen LogP contribution in [0.2, 0.25) is 0 Å². The number of thiazole rings is 1. The maximum Gasteiger partial charge on any atom is 0.345 e. The largest absolute Gasteiger partial charge is 0.422 e. The van der Waals surface area contributed by atoms with E-state index >= 15 is 0 Å². The van der Waals surface area contributed by atoms with Gasteiger partial charge in [0.25, 0.3) is 0 Å². The lowest BCUT2D eigenvalue weighted by Crippen LogP contribution is -2.22. The van der Waals surface area contributed by atoms with Crippen LogP contribution in [-0.4, -0.2) is 10.9 Å². The summed E-state index contributed by atoms with van der Waals surface area (Å²) < 4.78 is 5.39. The molecule has 0 N–H and O–H groups in total. The number of benzene rings is 2. The van der Waals surface area contributed by atoms with E-state index in [-0.39, 0.29) is 5.91 Å². The van der Waals surface area contributed by atoms with Crippen LogP contribution in [0.4, 0.5) is 10.8 Å². The van der Waals surface area contributed by atoms with E-state index in [1.165, 1.54) is 18.3 Å². The quantitative estimate of drug-likeness (QED) is 0.477. The number of anilines is 2. The number of hydrogen-bond acceptors (Lipinski definition) is 5. The van der Waals surface area contributed by atoms with E-state index in [4.69, 9.17) is 4.42 Å². The average Bonchev–Trinajstić information content (AvgIpc) is 3.10. The maximum absolute atomic E-state index is 12.4. The molecular formula is C21H16N2O3S. The van der Waals surface area contributed by atoms with E-state index < -0.39 is 5.63 Å². The lowest BCUT2D eigenvalue weighted by Gasteiger charge is -2.18. The molecule has 0 saturated heterocycles. The van der Waals surface area contributed by atoms with E-state index in [0.717, 1.165) is 16.6 Å². The first-order chi connectivity index (χ1) is 13.0. The Bertz CT molecular complexity index is 1210. The Morgan fingerprint density at radius 3 is 2.70 bits per heavy atom. The topological polar surface area (TPSA) is 63.4 Å². The van der Waals surface area contributed by atoms with Gasteiger partial charge in [0.05, 0.1) is 16.9 Å². The highest BCUT2D eigenvalue weighted by atomic mass is 32.1. The number of amides is 1. The Labute approximate surface area is 159 Å². The van der Waals surface area contributed by atoms with Crippen molar-refractivity contribution in [2.24, 2.45) is 0 Å². The molecule has 5 nitrogen and oxygen atoms in total. The van der Waals surface area contributed by atoms with Gasteiger partial charge in [0.15, 0.2) is 5.13 Å². The molecule has 6 heteroatoms. The number of para-hydroxylation sites is 1. The molecule has 1 amide bonds. The van der Waals surface area contributed by atoms with Crippen molar-refractivity contribution >= 4 is 39.0 Å². The summed E-state index contributed by atoms with van der Waals surface area (Å²) in [5.74, 6) is -0.146. The SMILES string of the molecule is CC(=O)N(c1cccc(C)c1)c1nc(-c2cc3ccccc3oc2=O)cs1. The van der Waals surface area contributed by atoms with Crippen LogP contribution in [0, 0.1) is 6.92 Å². The molecule has 0 saturated carbocycles. The van der Waals surface area contributed by atoms with Crippen LogP contribution in [0.15, 0.2) is 69.2 Å². The highest BCUT2D eigenvalue weighted by Crippen LogP contribution is 2.32. The van der Waals surface area contributed by atoms with Crippen LogP contribution >= 0.6 is 11.3 Å². The number of aryl methyl sites for hydroxylation is 1. The molecule has 0 atom stereocenters. The van der Waals surface area contributed by atoms with Crippen LogP contribution < -0.4 is 10.5 Å². The van der Waals surface area contributed by atoms with Crippen molar-refractivity contribution in [1.29, 1.82) is 0 Å². The number of aromatic nitrogens is 1. The molecule has 0 fully saturated rings. The molecular weight excluding hydrogens is 360 g/mol. The van der Waals surface area contributed by atoms with Gasteiger partial charge in [-0.3, -0.25) is 9.69 Å². The van der Waals surface area contributed by atoms with Gasteiger partial charge < -0.3 is 4.42 Å². The molecule has 4 rings (SSSR count). The number of carbonyl (C=O) groups excluding carboxylic acids is 1. The van der Waals surface area contributed by atoms with Crippen molar-refractivity contribution in [3.8, 4) is 11.3 Å². The summed E-state index contributed by atoms with van der Waals surface area (Å²) >= 11 is 1.31. The van der Waals surface area contributed by atoms with Gasteiger partial charge in [-0.15, -0.1) is 11.3 Å². The zero-order valence-corrected chi connectivity index (χ0v) is 15.6. The number of nitrogens with zero attached hydrogens (tertiary/aromatic N) is 2. The van der Waals surface area contributed by atoms with Crippen LogP contribution in [0.3, 0.4) is 0 Å². The van der Waals surface area contributed by atoms with Crippen LogP contribution in [0.1, 0.15) is 12.5 Å². The Morgan fingerprint density at radius 2 is 1.93 bits per heavy atom. The summed E-state index contributed by atoms with van der Waals surface area (Å²) in [5.41, 5.74) is 2.75. The third-order valence-corrected chi connectivity index (χ3v) is 5.00. The van der Waals surface area contributed by atoms with Crippen molar-refractivity contribution in [1.82, 2.24) is 4.98 Å². The Hall–Kier alpha value is -3.25. The summed E-state index contributed by atoms with van der Waals surface area (Å²) in [4.78, 5) is 30.7. The third kappa shape index (κ3) is 3.27. The fourth-order valence-corrected chi connectivity index (χ4v) is 3.81. The van der Waals surface area contributed by atoms with Gasteiger partial charge >= 0.3 is 5.63 Å². The Balaban J connectivity index is 1.79. The summed E-state index contributed by atoms with van der Waals surface area (Å²) in [5, 5.41) is 3.10. The highest BCUT2D eigenvalue weighted by Gasteiger charge is 2.20. The molecule has 0 aliphatic rings. The first-order valence-electron chi connectivity index (χ1n) is 8.39. The van der Waals surface area contributed by atoms with Crippen molar-refractivity contribution in [3.63, 3.8) is 0 Å². The second-order valence-corrected chi connectivity index (χ2v) is 7.03. The average molecular weight is 376 g/mol. The maximum atomic E-state index is 12.4. The Morgan fingerprint density at radius 1 is 1.11 bits per heavy atom. The minimum atomic E-state index is -0.449. The first-order valence-corrected chi connectivity index (χ1v) is 9.27. The van der Waals surface area contributed by atoms with Gasteiger partial charge in [-0.05, 0) is 36.8 Å². The molecule has 0 spiro atoms. The molecule has 0 aliphatic heterocycles. The molecule has 2 heterocycles. The highest BCUT2D eigenvalue weighted by molar-refractivity contribution is 7.14. The van der Waals surface area contributed by atoms with Crippen molar-refractivity contribution < 1.29 is 9.21 Å². The normalized spacial score (nSPS) is 10.9. The number of fused-ring (bicyclic) bond motifs is 1. The first kappa shape index (κ1) is 17.2. The lowest BCUT2D eigenvalue weighted by molar-refractivity contribution is -0.115. The predicted octanol–water partition coefficient (Wildman–Crippen LogP) is 4.91. The van der Waals surface area contributed by atoms with Crippen molar-refractivity contribution in [2.45, 2.75) is 13.8 Å². The van der Waals surface area contributed by atoms with E-state index in [2.05, 4.69) is 4.98 Å². The summed E-state index contributed by atoms with van der Waals surface area (Å²) in [6.07, 6.45) is 0. The standard InChI is InChI=1S/C21H16N2O3S/c1-13-6-5-8-16(10-13)23(14(2)24)21-22-18(12-27-21)17-11-15-7-3-4-9-19(15)26-20(17)25/h3-12H,1-2H3. The number of rotatable bonds is 3. The zero-order chi connectivity index (χ0) is 19.0. The monoisotopic (exact) mass is 376 g/mol. The second-order valence-electron chi connectivity index (χ2n) is 6.19. The van der Waals surface area contributed by atoms with Crippen molar-refractivity contribution in [3.05, 3.63) is 76.0 Å². The van der Waals surface area contributed by atoms with Gasteiger partial charge in [-0.25, -0.2) is 9.78 Å². The third-order valence-electron chi connectivity index (χ3n) is 4.18. The fraction of sp³-hybridized carbons (Fsp3) is 0.0952. The van der Waals surface area contributed by atoms with E-state index in [0.29, 0.717) is 22.0 Å². The fourth-order valence-electron chi connectivity index (χ4n) is 2.93. The minimum Gasteiger partial charge on any atom is -0.422 e. The van der Waals surface area contributed by atoms with Crippen molar-refractivity contribution in [2.75, 3.05) is 4.90 Å². The number of carbonyl (C=O) groups is 1. The smallest absolute Gasteiger partial charge is 0.345 e. The molecule has 134 valence electrons. The molecule has 0 bridgehead atoms. The van der Waals surface area contributed by atoms with Gasteiger partial charge in [0.2, 0.25) is 5.91 Å². The zero-order valence-electron chi connectivity index (χ0n) is 14.8. The number of hydrogen-bond donors (Lipinski definition) is 0. The summed E-state index contributed by atoms with van der Waals surface area (Å²) in [6.45, 7) is 3.46. The Kier molecular flexibility index (Phi) is 4.33. The summed E-state index contributed by atoms with van der Waals surface area (Å²) in [7, 11) is 0. The van der Waals surface area contributed by atoms with E-state index in [9.17, 15) is 9.59 Å². The predicted molar refractivity (Wildman–Crippen MR) is 108 cm³/mol. The van der Waals surface area contributed by atoms with Gasteiger partial charge in [0.1, 0.15) is 5.58 Å². The van der Waals surface area contributed by atoms with Crippen LogP contribution in [-0.2, 0) is 4.79 Å². The molecule has 0 radical (unpaired) electrons. The van der Waals surface area contributed by atoms with Crippen LogP contribution in [0.5, 0.6) is 0 Å². The van der Waals surface area contributed by atoms with Crippen LogP contribution in [0.25, 0.3) is 22.2 Å². The molecule has 0 unspecified atom stereocenters. The molecule has 4 aromatic rings. The van der Waals surface area contributed by atoms with Gasteiger partial charge in [-0.2, -0.15) is 0 Å². The van der Waals surface area contributed by atoms with Gasteiger partial charge in [0, 0.05) is 17.7 Å². The lowest BCUT2D eigenvalue weighted by atomic mass is 10.1.